The lowest BCUT2D eigenvalue weighted by molar-refractivity contribution is -0.497. The molecule has 6 aromatic rings. The van der Waals surface area contributed by atoms with Crippen LogP contribution < -0.4 is 15.9 Å². The number of halogens is 4. The Morgan fingerprint density at radius 2 is 1.10 bits per heavy atom. The SMILES string of the molecule is Cc1cc(-c2ccccc2)c2c3ccccc3c(-c3ccc(N)cc3)c(-c3ccc(N)cc3)[n+]2c1.F[B-](F)(F)F. The molecule has 0 aliphatic rings. The van der Waals surface area contributed by atoms with E-state index < -0.39 is 7.25 Å². The fourth-order valence-corrected chi connectivity index (χ4v) is 5.04. The van der Waals surface area contributed by atoms with E-state index in [0.29, 0.717) is 0 Å². The number of fused-ring (bicyclic) bond motifs is 3. The van der Waals surface area contributed by atoms with Crippen LogP contribution in [0.3, 0.4) is 0 Å². The van der Waals surface area contributed by atoms with E-state index in [9.17, 15) is 17.3 Å². The van der Waals surface area contributed by atoms with Crippen molar-refractivity contribution in [3.63, 3.8) is 0 Å². The summed E-state index contributed by atoms with van der Waals surface area (Å²) in [5.74, 6) is 0. The van der Waals surface area contributed by atoms with Gasteiger partial charge in [-0.2, -0.15) is 4.40 Å². The summed E-state index contributed by atoms with van der Waals surface area (Å²) in [6.45, 7) is 2.16. The number of anilines is 2. The van der Waals surface area contributed by atoms with Gasteiger partial charge in [-0.25, -0.2) is 0 Å². The molecule has 3 nitrogen and oxygen atoms in total. The minimum absolute atomic E-state index is 0.749. The van der Waals surface area contributed by atoms with Crippen LogP contribution in [0.1, 0.15) is 5.56 Å². The van der Waals surface area contributed by atoms with Gasteiger partial charge in [0.15, 0.2) is 6.20 Å². The van der Waals surface area contributed by atoms with Crippen LogP contribution in [-0.2, 0) is 0 Å². The molecule has 0 unspecified atom stereocenters. The number of benzene rings is 4. The fourth-order valence-electron chi connectivity index (χ4n) is 5.04. The summed E-state index contributed by atoms with van der Waals surface area (Å²) >= 11 is 0. The lowest BCUT2D eigenvalue weighted by atomic mass is 9.90. The zero-order chi connectivity index (χ0) is 28.4. The molecule has 0 bridgehead atoms. The Morgan fingerprint density at radius 3 is 1.68 bits per heavy atom. The Bertz CT molecular complexity index is 1800. The van der Waals surface area contributed by atoms with E-state index >= 15 is 0 Å². The van der Waals surface area contributed by atoms with Crippen LogP contribution >= 0.6 is 0 Å². The third-order valence-corrected chi connectivity index (χ3v) is 6.60. The summed E-state index contributed by atoms with van der Waals surface area (Å²) in [5, 5.41) is 2.41. The van der Waals surface area contributed by atoms with Gasteiger partial charge in [0.2, 0.25) is 11.2 Å². The lowest BCUT2D eigenvalue weighted by Crippen LogP contribution is -2.27. The maximum absolute atomic E-state index is 9.75. The minimum Gasteiger partial charge on any atom is -0.418 e. The van der Waals surface area contributed by atoms with Gasteiger partial charge in [0, 0.05) is 27.9 Å². The molecule has 0 fully saturated rings. The molecule has 4 N–H and O–H groups in total. The first-order chi connectivity index (χ1) is 19.1. The zero-order valence-electron chi connectivity index (χ0n) is 21.7. The molecule has 4 aromatic carbocycles. The second-order valence-corrected chi connectivity index (χ2v) is 9.52. The minimum atomic E-state index is -6.00. The number of pyridine rings is 2. The second kappa shape index (κ2) is 10.7. The standard InChI is InChI=1S/C32H25N3.BF4/c1-21-19-29(22-7-3-2-4-8-22)32-28-10-6-5-9-27(28)30(23-11-15-25(33)16-12-23)31(35(32)20-21)24-13-17-26(34)18-14-24;2-1(3,4)5/h2-20,34H,33H2,1H3;/q;-1/p+1. The quantitative estimate of drug-likeness (QED) is 0.0781. The van der Waals surface area contributed by atoms with Crippen LogP contribution in [0.25, 0.3) is 49.8 Å². The van der Waals surface area contributed by atoms with Gasteiger partial charge in [-0.05, 0) is 66.6 Å². The fraction of sp³-hybridized carbons (Fsp3) is 0.0312. The molecule has 0 aliphatic heterocycles. The van der Waals surface area contributed by atoms with Crippen LogP contribution in [0.5, 0.6) is 0 Å². The number of rotatable bonds is 3. The van der Waals surface area contributed by atoms with Crippen molar-refractivity contribution in [2.24, 2.45) is 0 Å². The number of hydrogen-bond donors (Lipinski definition) is 2. The summed E-state index contributed by atoms with van der Waals surface area (Å²) in [5.41, 5.74) is 23.0. The van der Waals surface area contributed by atoms with Gasteiger partial charge >= 0.3 is 7.25 Å². The van der Waals surface area contributed by atoms with Crippen LogP contribution in [0.4, 0.5) is 28.6 Å². The summed E-state index contributed by atoms with van der Waals surface area (Å²) in [7, 11) is -6.00. The van der Waals surface area contributed by atoms with Crippen LogP contribution in [0, 0.1) is 6.92 Å². The number of nitrogens with zero attached hydrogens (tertiary/aromatic N) is 1. The summed E-state index contributed by atoms with van der Waals surface area (Å²) < 4.78 is 41.4. The first-order valence-electron chi connectivity index (χ1n) is 12.7. The Hall–Kier alpha value is -4.85. The highest BCUT2D eigenvalue weighted by molar-refractivity contribution is 6.50. The van der Waals surface area contributed by atoms with Crippen molar-refractivity contribution in [3.8, 4) is 33.5 Å². The monoisotopic (exact) mass is 539 g/mol. The first kappa shape index (κ1) is 26.7. The van der Waals surface area contributed by atoms with Gasteiger partial charge in [-0.3, -0.25) is 0 Å². The predicted octanol–water partition coefficient (Wildman–Crippen LogP) is 8.35. The first-order valence-corrected chi connectivity index (χ1v) is 12.7. The van der Waals surface area contributed by atoms with Gasteiger partial charge < -0.3 is 28.7 Å². The van der Waals surface area contributed by atoms with Gasteiger partial charge in [0.05, 0.1) is 16.5 Å². The van der Waals surface area contributed by atoms with E-state index in [4.69, 9.17) is 11.5 Å². The molecular weight excluding hydrogens is 513 g/mol. The number of aryl methyl sites for hydroxylation is 1. The molecule has 0 amide bonds. The van der Waals surface area contributed by atoms with Crippen LogP contribution in [0.15, 0.2) is 115 Å². The van der Waals surface area contributed by atoms with Crippen molar-refractivity contribution in [1.82, 2.24) is 0 Å². The topological polar surface area (TPSA) is 56.1 Å². The Balaban J connectivity index is 0.000000595. The average molecular weight is 539 g/mol. The maximum atomic E-state index is 9.75. The van der Waals surface area contributed by atoms with E-state index in [1.165, 1.54) is 38.5 Å². The van der Waals surface area contributed by atoms with Gasteiger partial charge in [-0.15, -0.1) is 0 Å². The van der Waals surface area contributed by atoms with Gasteiger partial charge in [-0.1, -0.05) is 60.7 Å². The molecule has 0 saturated carbocycles. The maximum Gasteiger partial charge on any atom is 0.673 e. The normalized spacial score (nSPS) is 11.3. The number of aromatic nitrogens is 1. The second-order valence-electron chi connectivity index (χ2n) is 9.52. The zero-order valence-corrected chi connectivity index (χ0v) is 21.7. The number of nitrogen functional groups attached to an aromatic ring is 2. The third-order valence-electron chi connectivity index (χ3n) is 6.60. The van der Waals surface area contributed by atoms with E-state index in [-0.39, 0.29) is 0 Å². The highest BCUT2D eigenvalue weighted by Crippen LogP contribution is 2.40. The Kier molecular flexibility index (Phi) is 7.18. The van der Waals surface area contributed by atoms with Crippen molar-refractivity contribution < 1.29 is 21.7 Å². The molecule has 0 spiro atoms. The average Bonchev–Trinajstić information content (AvgIpc) is 2.92. The van der Waals surface area contributed by atoms with Crippen LogP contribution in [-0.4, -0.2) is 7.25 Å². The highest BCUT2D eigenvalue weighted by atomic mass is 19.5. The van der Waals surface area contributed by atoms with Crippen molar-refractivity contribution in [3.05, 3.63) is 121 Å². The molecule has 2 aromatic heterocycles. The lowest BCUT2D eigenvalue weighted by Gasteiger charge is -2.15. The molecule has 0 aliphatic carbocycles. The highest BCUT2D eigenvalue weighted by Gasteiger charge is 2.27. The smallest absolute Gasteiger partial charge is 0.418 e. The van der Waals surface area contributed by atoms with Crippen molar-refractivity contribution in [2.75, 3.05) is 11.5 Å². The van der Waals surface area contributed by atoms with E-state index in [0.717, 1.165) is 28.2 Å². The molecule has 8 heteroatoms. The molecule has 0 atom stereocenters. The van der Waals surface area contributed by atoms with Crippen molar-refractivity contribution >= 4 is 34.9 Å². The number of hydrogen-bond acceptors (Lipinski definition) is 2. The Labute approximate surface area is 229 Å². The van der Waals surface area contributed by atoms with Crippen LogP contribution in [0.2, 0.25) is 0 Å². The molecular formula is C32H26BF4N3. The molecule has 200 valence electrons. The molecule has 6 rings (SSSR count). The summed E-state index contributed by atoms with van der Waals surface area (Å²) in [6.07, 6.45) is 2.24. The van der Waals surface area contributed by atoms with E-state index in [2.05, 4.69) is 102 Å². The van der Waals surface area contributed by atoms with Gasteiger partial charge in [0.25, 0.3) is 0 Å². The Morgan fingerprint density at radius 1 is 0.600 bits per heavy atom. The summed E-state index contributed by atoms with van der Waals surface area (Å²) in [4.78, 5) is 0. The van der Waals surface area contributed by atoms with Crippen molar-refractivity contribution in [1.29, 1.82) is 0 Å². The largest absolute Gasteiger partial charge is 0.673 e. The molecule has 2 heterocycles. The summed E-state index contributed by atoms with van der Waals surface area (Å²) in [6, 6.07) is 37.9. The third kappa shape index (κ3) is 5.61. The van der Waals surface area contributed by atoms with Crippen molar-refractivity contribution in [2.45, 2.75) is 6.92 Å². The molecule has 40 heavy (non-hydrogen) atoms. The van der Waals surface area contributed by atoms with E-state index in [1.807, 2.05) is 24.3 Å². The van der Waals surface area contributed by atoms with E-state index in [1.54, 1.807) is 0 Å². The predicted molar refractivity (Wildman–Crippen MR) is 157 cm³/mol. The van der Waals surface area contributed by atoms with Gasteiger partial charge in [0.1, 0.15) is 0 Å². The molecule has 0 saturated heterocycles. The number of nitrogens with two attached hydrogens (primary N) is 2. The molecule has 0 radical (unpaired) electrons.